The number of hydrogen-bond acceptors (Lipinski definition) is 4. The normalized spacial score (nSPS) is 26.8. The van der Waals surface area contributed by atoms with Crippen LogP contribution in [0.4, 0.5) is 0 Å². The molecule has 1 amide bonds. The van der Waals surface area contributed by atoms with Crippen molar-refractivity contribution in [3.05, 3.63) is 29.3 Å². The molecule has 3 aliphatic rings. The minimum absolute atomic E-state index is 0.0439. The maximum Gasteiger partial charge on any atom is 0.254 e. The predicted molar refractivity (Wildman–Crippen MR) is 104 cm³/mol. The van der Waals surface area contributed by atoms with E-state index in [1.54, 1.807) is 22.5 Å². The Morgan fingerprint density at radius 1 is 1.04 bits per heavy atom. The molecule has 6 nitrogen and oxygen atoms in total. The number of carbonyl (C=O) groups excluding carboxylic acids is 1. The fourth-order valence-electron chi connectivity index (χ4n) is 4.54. The molecule has 3 saturated heterocycles. The van der Waals surface area contributed by atoms with Gasteiger partial charge in [0, 0.05) is 43.8 Å². The highest BCUT2D eigenvalue weighted by Crippen LogP contribution is 2.25. The van der Waals surface area contributed by atoms with E-state index in [9.17, 15) is 13.2 Å². The lowest BCUT2D eigenvalue weighted by atomic mass is 10.0. The topological polar surface area (TPSA) is 69.7 Å². The molecule has 4 rings (SSSR count). The summed E-state index contributed by atoms with van der Waals surface area (Å²) >= 11 is 0. The molecule has 2 atom stereocenters. The summed E-state index contributed by atoms with van der Waals surface area (Å²) in [5.74, 6) is -0.0439. The number of aryl methyl sites for hydroxylation is 1. The maximum atomic E-state index is 13.2. The van der Waals surface area contributed by atoms with E-state index in [2.05, 4.69) is 5.32 Å². The molecule has 2 unspecified atom stereocenters. The number of likely N-dealkylation sites (tertiary alicyclic amines) is 1. The number of carbonyl (C=O) groups is 1. The third-order valence-electron chi connectivity index (χ3n) is 6.20. The quantitative estimate of drug-likeness (QED) is 0.857. The molecular formula is C20H29N3O3S. The number of nitrogens with zero attached hydrogens (tertiary/aromatic N) is 2. The number of fused-ring (bicyclic) bond motifs is 2. The largest absolute Gasteiger partial charge is 0.337 e. The lowest BCUT2D eigenvalue weighted by Gasteiger charge is -2.27. The number of hydrogen-bond donors (Lipinski definition) is 1. The Bertz CT molecular complexity index is 818. The third kappa shape index (κ3) is 3.77. The summed E-state index contributed by atoms with van der Waals surface area (Å²) in [6.07, 6.45) is 6.15. The van der Waals surface area contributed by atoms with Crippen molar-refractivity contribution in [2.45, 2.75) is 62.4 Å². The molecule has 2 bridgehead atoms. The number of nitrogens with one attached hydrogen (secondary N) is 1. The molecule has 3 fully saturated rings. The van der Waals surface area contributed by atoms with Crippen LogP contribution in [0.25, 0.3) is 0 Å². The van der Waals surface area contributed by atoms with Crippen LogP contribution in [0.1, 0.15) is 54.4 Å². The summed E-state index contributed by atoms with van der Waals surface area (Å²) < 4.78 is 27.6. The van der Waals surface area contributed by atoms with Crippen molar-refractivity contribution >= 4 is 15.9 Å². The van der Waals surface area contributed by atoms with Crippen molar-refractivity contribution < 1.29 is 13.2 Å². The van der Waals surface area contributed by atoms with E-state index < -0.39 is 10.0 Å². The fraction of sp³-hybridized carbons (Fsp3) is 0.650. The van der Waals surface area contributed by atoms with Crippen molar-refractivity contribution in [2.75, 3.05) is 26.2 Å². The maximum absolute atomic E-state index is 13.2. The van der Waals surface area contributed by atoms with E-state index in [1.807, 2.05) is 11.8 Å². The molecule has 0 saturated carbocycles. The average molecular weight is 392 g/mol. The first-order valence-corrected chi connectivity index (χ1v) is 11.6. The van der Waals surface area contributed by atoms with Gasteiger partial charge in [-0.2, -0.15) is 4.31 Å². The molecular weight excluding hydrogens is 362 g/mol. The first kappa shape index (κ1) is 18.9. The number of piperidine rings is 1. The Kier molecular flexibility index (Phi) is 5.27. The second-order valence-electron chi connectivity index (χ2n) is 8.12. The summed E-state index contributed by atoms with van der Waals surface area (Å²) in [6, 6.07) is 5.88. The summed E-state index contributed by atoms with van der Waals surface area (Å²) in [5, 5.41) is 3.59. The van der Waals surface area contributed by atoms with Gasteiger partial charge in [0.05, 0.1) is 4.90 Å². The van der Waals surface area contributed by atoms with Gasteiger partial charge in [0.25, 0.3) is 5.91 Å². The lowest BCUT2D eigenvalue weighted by molar-refractivity contribution is 0.0747. The van der Waals surface area contributed by atoms with Gasteiger partial charge in [-0.15, -0.1) is 0 Å². The summed E-state index contributed by atoms with van der Waals surface area (Å²) in [4.78, 5) is 15.3. The van der Waals surface area contributed by atoms with E-state index >= 15 is 0 Å². The second-order valence-corrected chi connectivity index (χ2v) is 10.1. The van der Waals surface area contributed by atoms with E-state index in [4.69, 9.17) is 0 Å². The van der Waals surface area contributed by atoms with Crippen LogP contribution in [0, 0.1) is 6.92 Å². The first-order chi connectivity index (χ1) is 12.9. The zero-order chi connectivity index (χ0) is 19.0. The molecule has 1 aromatic rings. The molecule has 0 aliphatic carbocycles. The van der Waals surface area contributed by atoms with E-state index in [1.165, 1.54) is 6.42 Å². The van der Waals surface area contributed by atoms with Gasteiger partial charge < -0.3 is 10.2 Å². The highest BCUT2D eigenvalue weighted by atomic mass is 32.2. The van der Waals surface area contributed by atoms with Gasteiger partial charge in [0.15, 0.2) is 0 Å². The standard InChI is InChI=1S/C20H29N3O3S/c1-15-5-8-18(27(25,26)23-10-3-2-4-11-23)13-19(15)20(24)22-12-9-16-6-7-17(14-22)21-16/h5,8,13,16-17,21H,2-4,6-7,9-12,14H2,1H3. The van der Waals surface area contributed by atoms with Gasteiger partial charge in [-0.3, -0.25) is 4.79 Å². The van der Waals surface area contributed by atoms with Crippen LogP contribution in [0.2, 0.25) is 0 Å². The number of amides is 1. The molecule has 0 radical (unpaired) electrons. The molecule has 7 heteroatoms. The molecule has 1 N–H and O–H groups in total. The van der Waals surface area contributed by atoms with Crippen molar-refractivity contribution in [1.29, 1.82) is 0 Å². The van der Waals surface area contributed by atoms with Crippen LogP contribution in [-0.2, 0) is 10.0 Å². The van der Waals surface area contributed by atoms with Gasteiger partial charge >= 0.3 is 0 Å². The Hall–Kier alpha value is -1.44. The van der Waals surface area contributed by atoms with E-state index in [0.717, 1.165) is 44.2 Å². The Labute approximate surface area is 162 Å². The first-order valence-electron chi connectivity index (χ1n) is 10.1. The predicted octanol–water partition coefficient (Wildman–Crippen LogP) is 2.14. The van der Waals surface area contributed by atoms with Crippen molar-refractivity contribution in [3.8, 4) is 0 Å². The summed E-state index contributed by atoms with van der Waals surface area (Å²) in [5.41, 5.74) is 1.35. The van der Waals surface area contributed by atoms with Crippen LogP contribution in [0.15, 0.2) is 23.1 Å². The monoisotopic (exact) mass is 391 g/mol. The third-order valence-corrected chi connectivity index (χ3v) is 8.10. The lowest BCUT2D eigenvalue weighted by Crippen LogP contribution is -2.39. The van der Waals surface area contributed by atoms with Crippen LogP contribution in [-0.4, -0.2) is 61.8 Å². The molecule has 148 valence electrons. The second kappa shape index (κ2) is 7.53. The van der Waals surface area contributed by atoms with Gasteiger partial charge in [0.2, 0.25) is 10.0 Å². The fourth-order valence-corrected chi connectivity index (χ4v) is 6.09. The molecule has 3 aliphatic heterocycles. The van der Waals surface area contributed by atoms with Crippen molar-refractivity contribution in [2.24, 2.45) is 0 Å². The molecule has 0 spiro atoms. The van der Waals surface area contributed by atoms with Gasteiger partial charge in [-0.25, -0.2) is 8.42 Å². The van der Waals surface area contributed by atoms with Gasteiger partial charge in [-0.1, -0.05) is 12.5 Å². The van der Waals surface area contributed by atoms with E-state index in [-0.39, 0.29) is 10.8 Å². The van der Waals surface area contributed by atoms with Crippen LogP contribution < -0.4 is 5.32 Å². The number of sulfonamides is 1. The highest BCUT2D eigenvalue weighted by Gasteiger charge is 2.33. The molecule has 1 aromatic carbocycles. The smallest absolute Gasteiger partial charge is 0.254 e. The van der Waals surface area contributed by atoms with Crippen LogP contribution >= 0.6 is 0 Å². The number of rotatable bonds is 3. The van der Waals surface area contributed by atoms with Crippen LogP contribution in [0.5, 0.6) is 0 Å². The molecule has 3 heterocycles. The molecule has 0 aromatic heterocycles. The van der Waals surface area contributed by atoms with Gasteiger partial charge in [-0.05, 0) is 56.7 Å². The minimum atomic E-state index is -3.53. The summed E-state index contributed by atoms with van der Waals surface area (Å²) in [7, 11) is -3.53. The van der Waals surface area contributed by atoms with Crippen LogP contribution in [0.3, 0.4) is 0 Å². The van der Waals surface area contributed by atoms with Crippen molar-refractivity contribution in [1.82, 2.24) is 14.5 Å². The highest BCUT2D eigenvalue weighted by molar-refractivity contribution is 7.89. The zero-order valence-corrected chi connectivity index (χ0v) is 16.8. The Balaban J connectivity index is 1.59. The van der Waals surface area contributed by atoms with E-state index in [0.29, 0.717) is 37.3 Å². The number of benzene rings is 1. The Morgan fingerprint density at radius 2 is 1.78 bits per heavy atom. The molecule has 27 heavy (non-hydrogen) atoms. The minimum Gasteiger partial charge on any atom is -0.337 e. The van der Waals surface area contributed by atoms with Gasteiger partial charge in [0.1, 0.15) is 0 Å². The SMILES string of the molecule is Cc1ccc(S(=O)(=O)N2CCCCC2)cc1C(=O)N1CCC2CCC(C1)N2. The van der Waals surface area contributed by atoms with Crippen molar-refractivity contribution in [3.63, 3.8) is 0 Å². The average Bonchev–Trinajstić information content (AvgIpc) is 3.01. The zero-order valence-electron chi connectivity index (χ0n) is 16.0. The Morgan fingerprint density at radius 3 is 2.56 bits per heavy atom. The summed E-state index contributed by atoms with van der Waals surface area (Å²) in [6.45, 7) is 4.46.